The zero-order valence-electron chi connectivity index (χ0n) is 4.54. The van der Waals surface area contributed by atoms with Crippen LogP contribution in [0.1, 0.15) is 12.8 Å². The van der Waals surface area contributed by atoms with E-state index < -0.39 is 0 Å². The molecule has 0 fully saturated rings. The Morgan fingerprint density at radius 2 is 2.38 bits per heavy atom. The Hall–Kier alpha value is -0.610. The fraction of sp³-hybridized carbons (Fsp3) is 0.750. The summed E-state index contributed by atoms with van der Waals surface area (Å²) in [6.45, 7) is 0.534. The van der Waals surface area contributed by atoms with E-state index in [1.807, 2.05) is 5.48 Å². The molecule has 0 radical (unpaired) electrons. The van der Waals surface area contributed by atoms with Crippen molar-refractivity contribution < 1.29 is 10.4 Å². The lowest BCUT2D eigenvalue weighted by Gasteiger charge is -1.89. The van der Waals surface area contributed by atoms with E-state index in [0.29, 0.717) is 13.0 Å². The minimum Gasteiger partial charge on any atom is -0.411 e. The first-order valence-corrected chi connectivity index (χ1v) is 2.44. The monoisotopic (exact) mass is 118 g/mol. The van der Waals surface area contributed by atoms with Gasteiger partial charge in [0.1, 0.15) is 0 Å². The Morgan fingerprint density at radius 1 is 1.62 bits per heavy atom. The molecule has 0 rings (SSSR count). The molecule has 0 heterocycles. The van der Waals surface area contributed by atoms with Crippen molar-refractivity contribution in [1.82, 2.24) is 5.48 Å². The fourth-order valence-corrected chi connectivity index (χ4v) is 0.330. The molecule has 0 amide bonds. The molecule has 0 saturated heterocycles. The van der Waals surface area contributed by atoms with Gasteiger partial charge in [0.25, 0.3) is 0 Å². The van der Waals surface area contributed by atoms with Gasteiger partial charge in [-0.25, -0.2) is 5.48 Å². The van der Waals surface area contributed by atoms with Crippen LogP contribution in [0.4, 0.5) is 0 Å². The van der Waals surface area contributed by atoms with Crippen molar-refractivity contribution in [2.75, 3.05) is 6.54 Å². The zero-order chi connectivity index (χ0) is 6.24. The van der Waals surface area contributed by atoms with Gasteiger partial charge in [-0.1, -0.05) is 0 Å². The van der Waals surface area contributed by atoms with Gasteiger partial charge in [0.15, 0.2) is 0 Å². The Kier molecular flexibility index (Phi) is 5.90. The van der Waals surface area contributed by atoms with Crippen molar-refractivity contribution in [3.63, 3.8) is 0 Å². The van der Waals surface area contributed by atoms with Gasteiger partial charge in [0.2, 0.25) is 0 Å². The smallest absolute Gasteiger partial charge is 0.0436 e. The third kappa shape index (κ3) is 5.39. The maximum absolute atomic E-state index is 8.01. The van der Waals surface area contributed by atoms with Crippen LogP contribution in [0.5, 0.6) is 0 Å². The maximum Gasteiger partial charge on any atom is 0.0436 e. The van der Waals surface area contributed by atoms with E-state index in [-0.39, 0.29) is 0 Å². The highest BCUT2D eigenvalue weighted by Gasteiger charge is 1.79. The third-order valence-electron chi connectivity index (χ3n) is 0.703. The van der Waals surface area contributed by atoms with Gasteiger partial charge in [-0.05, 0) is 12.8 Å². The van der Waals surface area contributed by atoms with Gasteiger partial charge in [-0.15, -0.1) is 5.16 Å². The summed E-state index contributed by atoms with van der Waals surface area (Å²) < 4.78 is 0. The highest BCUT2D eigenvalue weighted by molar-refractivity contribution is 5.55. The predicted octanol–water partition coefficient (Wildman–Crippen LogP) is 0.205. The third-order valence-corrected chi connectivity index (χ3v) is 0.703. The number of hydrogen-bond donors (Lipinski definition) is 3. The maximum atomic E-state index is 8.01. The van der Waals surface area contributed by atoms with Crippen LogP contribution in [-0.4, -0.2) is 23.2 Å². The van der Waals surface area contributed by atoms with E-state index in [1.165, 1.54) is 6.21 Å². The summed E-state index contributed by atoms with van der Waals surface area (Å²) >= 11 is 0. The first-order chi connectivity index (χ1) is 3.91. The molecule has 0 aliphatic rings. The average molecular weight is 118 g/mol. The van der Waals surface area contributed by atoms with Crippen LogP contribution in [0.25, 0.3) is 0 Å². The van der Waals surface area contributed by atoms with Crippen LogP contribution in [0.3, 0.4) is 0 Å². The molecule has 0 atom stereocenters. The normalized spacial score (nSPS) is 10.6. The molecule has 0 spiro atoms. The van der Waals surface area contributed by atoms with Gasteiger partial charge in [0.05, 0.1) is 0 Å². The van der Waals surface area contributed by atoms with Gasteiger partial charge < -0.3 is 10.4 Å². The minimum absolute atomic E-state index is 0.534. The second kappa shape index (κ2) is 6.39. The van der Waals surface area contributed by atoms with Gasteiger partial charge in [-0.2, -0.15) is 0 Å². The molecule has 4 heteroatoms. The molecule has 0 aromatic heterocycles. The highest BCUT2D eigenvalue weighted by Crippen LogP contribution is 1.79. The van der Waals surface area contributed by atoms with Crippen LogP contribution in [0, 0.1) is 0 Å². The van der Waals surface area contributed by atoms with Crippen LogP contribution in [-0.2, 0) is 0 Å². The lowest BCUT2D eigenvalue weighted by Crippen LogP contribution is -2.08. The molecule has 0 saturated carbocycles. The molecular weight excluding hydrogens is 108 g/mol. The van der Waals surface area contributed by atoms with Gasteiger partial charge >= 0.3 is 0 Å². The van der Waals surface area contributed by atoms with Crippen LogP contribution in [0.2, 0.25) is 0 Å². The number of oxime groups is 1. The Morgan fingerprint density at radius 3 is 2.88 bits per heavy atom. The van der Waals surface area contributed by atoms with E-state index in [9.17, 15) is 0 Å². The first-order valence-electron chi connectivity index (χ1n) is 2.44. The summed E-state index contributed by atoms with van der Waals surface area (Å²) in [6, 6.07) is 0. The van der Waals surface area contributed by atoms with Gasteiger partial charge in [0, 0.05) is 12.8 Å². The fourth-order valence-electron chi connectivity index (χ4n) is 0.330. The molecule has 0 unspecified atom stereocenters. The molecule has 0 aliphatic heterocycles. The van der Waals surface area contributed by atoms with E-state index in [4.69, 9.17) is 10.4 Å². The Bertz CT molecular complexity index is 65.1. The molecule has 8 heavy (non-hydrogen) atoms. The van der Waals surface area contributed by atoms with Crippen LogP contribution >= 0.6 is 0 Å². The second-order valence-corrected chi connectivity index (χ2v) is 1.35. The average Bonchev–Trinajstić information content (AvgIpc) is 1.81. The highest BCUT2D eigenvalue weighted by atomic mass is 16.5. The van der Waals surface area contributed by atoms with Crippen molar-refractivity contribution in [3.8, 4) is 0 Å². The predicted molar refractivity (Wildman–Crippen MR) is 29.3 cm³/mol. The Labute approximate surface area is 47.8 Å². The van der Waals surface area contributed by atoms with E-state index in [1.54, 1.807) is 0 Å². The van der Waals surface area contributed by atoms with E-state index in [2.05, 4.69) is 5.16 Å². The zero-order valence-corrected chi connectivity index (χ0v) is 4.54. The van der Waals surface area contributed by atoms with Crippen LogP contribution in [0.15, 0.2) is 5.16 Å². The molecule has 48 valence electrons. The molecule has 0 bridgehead atoms. The molecule has 0 aliphatic carbocycles. The van der Waals surface area contributed by atoms with Crippen molar-refractivity contribution in [3.05, 3.63) is 0 Å². The lowest BCUT2D eigenvalue weighted by molar-refractivity contribution is 0.166. The second-order valence-electron chi connectivity index (χ2n) is 1.35. The summed E-state index contributed by atoms with van der Waals surface area (Å²) in [5.74, 6) is 0. The molecule has 0 aromatic rings. The summed E-state index contributed by atoms with van der Waals surface area (Å²) in [5.41, 5.74) is 1.98. The van der Waals surface area contributed by atoms with Crippen molar-refractivity contribution in [2.45, 2.75) is 12.8 Å². The standard InChI is InChI=1S/C4H10N2O2/c7-5-3-1-2-4-6-8/h3,6-8H,1-2,4H2/b5-3+. The summed E-state index contributed by atoms with van der Waals surface area (Å²) in [5, 5.41) is 18.6. The van der Waals surface area contributed by atoms with E-state index in [0.717, 1.165) is 6.42 Å². The topological polar surface area (TPSA) is 64.9 Å². The van der Waals surface area contributed by atoms with Crippen molar-refractivity contribution in [1.29, 1.82) is 0 Å². The number of rotatable bonds is 4. The number of nitrogens with zero attached hydrogens (tertiary/aromatic N) is 1. The van der Waals surface area contributed by atoms with E-state index >= 15 is 0 Å². The summed E-state index contributed by atoms with van der Waals surface area (Å²) in [7, 11) is 0. The molecule has 3 N–H and O–H groups in total. The Balaban J connectivity index is 2.72. The molecule has 0 aromatic carbocycles. The first kappa shape index (κ1) is 7.39. The SMILES string of the molecule is O/N=C/CCCNO. The number of hydrogen-bond acceptors (Lipinski definition) is 4. The van der Waals surface area contributed by atoms with Crippen molar-refractivity contribution in [2.24, 2.45) is 5.16 Å². The number of unbranched alkanes of at least 4 members (excludes halogenated alkanes) is 1. The largest absolute Gasteiger partial charge is 0.411 e. The van der Waals surface area contributed by atoms with Gasteiger partial charge in [-0.3, -0.25) is 0 Å². The van der Waals surface area contributed by atoms with Crippen molar-refractivity contribution >= 4 is 6.21 Å². The van der Waals surface area contributed by atoms with Crippen LogP contribution < -0.4 is 5.48 Å². The molecular formula is C4H10N2O2. The number of hydroxylamine groups is 1. The minimum atomic E-state index is 0.534. The summed E-state index contributed by atoms with van der Waals surface area (Å²) in [6.07, 6.45) is 2.85. The quantitative estimate of drug-likeness (QED) is 0.214. The lowest BCUT2D eigenvalue weighted by atomic mass is 10.3. The molecule has 4 nitrogen and oxygen atoms in total. The number of nitrogens with one attached hydrogen (secondary N) is 1. The summed E-state index contributed by atoms with van der Waals surface area (Å²) in [4.78, 5) is 0.